The summed E-state index contributed by atoms with van der Waals surface area (Å²) < 4.78 is 26.0. The fourth-order valence-corrected chi connectivity index (χ4v) is 5.69. The van der Waals surface area contributed by atoms with Gasteiger partial charge in [-0.2, -0.15) is 0 Å². The first kappa shape index (κ1) is 18.1. The van der Waals surface area contributed by atoms with Crippen LogP contribution in [0.25, 0.3) is 0 Å². The van der Waals surface area contributed by atoms with Crippen LogP contribution in [-0.4, -0.2) is 19.1 Å². The molecule has 132 valence electrons. The van der Waals surface area contributed by atoms with Crippen LogP contribution in [0, 0.1) is 6.92 Å². The number of amides is 1. The average Bonchev–Trinajstić information content (AvgIpc) is 3.11. The number of nitrogens with one attached hydrogen (secondary N) is 1. The smallest absolute Gasteiger partial charge is 0.246 e. The lowest BCUT2D eigenvalue weighted by Gasteiger charge is -2.27. The van der Waals surface area contributed by atoms with E-state index < -0.39 is 20.5 Å². The molecule has 0 saturated heterocycles. The normalized spacial score (nSPS) is 16.6. The van der Waals surface area contributed by atoms with Crippen LogP contribution in [0.3, 0.4) is 0 Å². The number of sulfone groups is 1. The van der Waals surface area contributed by atoms with Gasteiger partial charge in [0.25, 0.3) is 0 Å². The number of anilines is 1. The van der Waals surface area contributed by atoms with E-state index in [0.29, 0.717) is 18.5 Å². The maximum absolute atomic E-state index is 13.2. The number of hydrogen-bond acceptors (Lipinski definition) is 3. The van der Waals surface area contributed by atoms with Crippen LogP contribution in [0.5, 0.6) is 0 Å². The van der Waals surface area contributed by atoms with Gasteiger partial charge >= 0.3 is 0 Å². The second-order valence-electron chi connectivity index (χ2n) is 6.44. The van der Waals surface area contributed by atoms with E-state index in [9.17, 15) is 13.2 Å². The summed E-state index contributed by atoms with van der Waals surface area (Å²) >= 11 is 3.43. The summed E-state index contributed by atoms with van der Waals surface area (Å²) in [6.07, 6.45) is 2.18. The molecule has 1 aliphatic rings. The number of rotatable bonds is 4. The van der Waals surface area contributed by atoms with E-state index in [1.165, 1.54) is 0 Å². The molecule has 1 amide bonds. The van der Waals surface area contributed by atoms with Gasteiger partial charge in [-0.15, -0.1) is 0 Å². The fourth-order valence-electron chi connectivity index (χ4n) is 3.36. The molecule has 25 heavy (non-hydrogen) atoms. The Bertz CT molecular complexity index is 888. The minimum absolute atomic E-state index is 0.207. The lowest BCUT2D eigenvalue weighted by atomic mass is 10.1. The van der Waals surface area contributed by atoms with Gasteiger partial charge in [0.1, 0.15) is 0 Å². The number of hydrogen-bond donors (Lipinski definition) is 1. The summed E-state index contributed by atoms with van der Waals surface area (Å²) in [5.41, 5.74) is 1.59. The number of benzene rings is 2. The zero-order chi connectivity index (χ0) is 18.1. The van der Waals surface area contributed by atoms with E-state index in [0.717, 1.165) is 22.9 Å². The second kappa shape index (κ2) is 6.92. The SMILES string of the molecule is Cc1cc(NC(=O)C2(S(=O)(=O)c3ccccc3)CCCC2)ccc1Br. The molecule has 3 rings (SSSR count). The maximum atomic E-state index is 13.2. The van der Waals surface area contributed by atoms with Crippen LogP contribution >= 0.6 is 15.9 Å². The molecule has 1 aliphatic carbocycles. The van der Waals surface area contributed by atoms with Crippen molar-refractivity contribution in [3.05, 3.63) is 58.6 Å². The molecule has 0 aromatic heterocycles. The molecule has 2 aromatic carbocycles. The number of aryl methyl sites for hydroxylation is 1. The van der Waals surface area contributed by atoms with E-state index in [1.54, 1.807) is 36.4 Å². The molecule has 0 spiro atoms. The zero-order valence-electron chi connectivity index (χ0n) is 14.0. The summed E-state index contributed by atoms with van der Waals surface area (Å²) in [4.78, 5) is 13.3. The van der Waals surface area contributed by atoms with Gasteiger partial charge in [0, 0.05) is 10.2 Å². The van der Waals surface area contributed by atoms with Gasteiger partial charge in [-0.05, 0) is 55.7 Å². The molecule has 0 aliphatic heterocycles. The summed E-state index contributed by atoms with van der Waals surface area (Å²) in [5.74, 6) is -0.435. The van der Waals surface area contributed by atoms with Gasteiger partial charge in [0.2, 0.25) is 5.91 Å². The molecule has 0 unspecified atom stereocenters. The van der Waals surface area contributed by atoms with Crippen molar-refractivity contribution in [2.24, 2.45) is 0 Å². The van der Waals surface area contributed by atoms with Crippen LogP contribution in [0.4, 0.5) is 5.69 Å². The van der Waals surface area contributed by atoms with Gasteiger partial charge in [0.15, 0.2) is 14.6 Å². The van der Waals surface area contributed by atoms with Gasteiger partial charge in [0.05, 0.1) is 4.90 Å². The Morgan fingerprint density at radius 2 is 1.72 bits per heavy atom. The molecule has 1 saturated carbocycles. The van der Waals surface area contributed by atoms with Crippen molar-refractivity contribution in [2.45, 2.75) is 42.2 Å². The molecular formula is C19H20BrNO3S. The standard InChI is InChI=1S/C19H20BrNO3S/c1-14-13-15(9-10-17(14)20)21-18(22)19(11-5-6-12-19)25(23,24)16-7-3-2-4-8-16/h2-4,7-10,13H,5-6,11-12H2,1H3,(H,21,22). The topological polar surface area (TPSA) is 63.2 Å². The molecule has 2 aromatic rings. The number of halogens is 1. The predicted octanol–water partition coefficient (Wildman–Crippen LogP) is 4.48. The number of carbonyl (C=O) groups excluding carboxylic acids is 1. The first-order valence-electron chi connectivity index (χ1n) is 8.24. The van der Waals surface area contributed by atoms with Gasteiger partial charge in [-0.3, -0.25) is 4.79 Å². The predicted molar refractivity (Wildman–Crippen MR) is 102 cm³/mol. The average molecular weight is 422 g/mol. The molecule has 0 atom stereocenters. The van der Waals surface area contributed by atoms with Gasteiger partial charge < -0.3 is 5.32 Å². The van der Waals surface area contributed by atoms with Crippen molar-refractivity contribution < 1.29 is 13.2 Å². The van der Waals surface area contributed by atoms with Gasteiger partial charge in [-0.1, -0.05) is 47.0 Å². The Hall–Kier alpha value is -1.66. The van der Waals surface area contributed by atoms with Crippen molar-refractivity contribution in [2.75, 3.05) is 5.32 Å². The molecule has 0 radical (unpaired) electrons. The number of carbonyl (C=O) groups is 1. The minimum atomic E-state index is -3.76. The highest BCUT2D eigenvalue weighted by atomic mass is 79.9. The van der Waals surface area contributed by atoms with Crippen LogP contribution in [0.2, 0.25) is 0 Å². The first-order valence-corrected chi connectivity index (χ1v) is 10.5. The van der Waals surface area contributed by atoms with Crippen LogP contribution < -0.4 is 5.32 Å². The van der Waals surface area contributed by atoms with E-state index >= 15 is 0 Å². The van der Waals surface area contributed by atoms with Crippen molar-refractivity contribution in [1.82, 2.24) is 0 Å². The molecule has 1 fully saturated rings. The summed E-state index contributed by atoms with van der Waals surface area (Å²) in [6, 6.07) is 13.7. The second-order valence-corrected chi connectivity index (χ2v) is 9.55. The largest absolute Gasteiger partial charge is 0.325 e. The lowest BCUT2D eigenvalue weighted by Crippen LogP contribution is -2.47. The Labute approximate surface area is 156 Å². The van der Waals surface area contributed by atoms with Crippen LogP contribution in [0.15, 0.2) is 57.9 Å². The Balaban J connectivity index is 1.97. The highest BCUT2D eigenvalue weighted by molar-refractivity contribution is 9.10. The van der Waals surface area contributed by atoms with Crippen molar-refractivity contribution >= 4 is 37.4 Å². The molecule has 0 bridgehead atoms. The van der Waals surface area contributed by atoms with Crippen LogP contribution in [0.1, 0.15) is 31.2 Å². The summed E-state index contributed by atoms with van der Waals surface area (Å²) in [5, 5.41) is 2.83. The van der Waals surface area contributed by atoms with E-state index in [-0.39, 0.29) is 4.90 Å². The molecular weight excluding hydrogens is 402 g/mol. The zero-order valence-corrected chi connectivity index (χ0v) is 16.4. The van der Waals surface area contributed by atoms with E-state index in [4.69, 9.17) is 0 Å². The highest BCUT2D eigenvalue weighted by Gasteiger charge is 2.52. The Morgan fingerprint density at radius 3 is 2.32 bits per heavy atom. The Kier molecular flexibility index (Phi) is 5.02. The molecule has 4 nitrogen and oxygen atoms in total. The third kappa shape index (κ3) is 3.25. The third-order valence-corrected chi connectivity index (χ3v) is 8.21. The highest BCUT2D eigenvalue weighted by Crippen LogP contribution is 2.41. The van der Waals surface area contributed by atoms with E-state index in [2.05, 4.69) is 21.2 Å². The van der Waals surface area contributed by atoms with Crippen LogP contribution in [-0.2, 0) is 14.6 Å². The quantitative estimate of drug-likeness (QED) is 0.790. The lowest BCUT2D eigenvalue weighted by molar-refractivity contribution is -0.118. The van der Waals surface area contributed by atoms with E-state index in [1.807, 2.05) is 19.1 Å². The van der Waals surface area contributed by atoms with Crippen molar-refractivity contribution in [1.29, 1.82) is 0 Å². The first-order chi connectivity index (χ1) is 11.9. The third-order valence-electron chi connectivity index (χ3n) is 4.81. The summed E-state index contributed by atoms with van der Waals surface area (Å²) in [6.45, 7) is 1.92. The van der Waals surface area contributed by atoms with Crippen molar-refractivity contribution in [3.8, 4) is 0 Å². The molecule has 1 N–H and O–H groups in total. The molecule has 0 heterocycles. The van der Waals surface area contributed by atoms with Gasteiger partial charge in [-0.25, -0.2) is 8.42 Å². The Morgan fingerprint density at radius 1 is 1.08 bits per heavy atom. The minimum Gasteiger partial charge on any atom is -0.325 e. The summed E-state index contributed by atoms with van der Waals surface area (Å²) in [7, 11) is -3.76. The fraction of sp³-hybridized carbons (Fsp3) is 0.316. The maximum Gasteiger partial charge on any atom is 0.246 e. The van der Waals surface area contributed by atoms with Crippen molar-refractivity contribution in [3.63, 3.8) is 0 Å². The molecule has 6 heteroatoms. The monoisotopic (exact) mass is 421 g/mol.